The lowest BCUT2D eigenvalue weighted by molar-refractivity contribution is -0.224. The van der Waals surface area contributed by atoms with Gasteiger partial charge in [-0.1, -0.05) is 75.8 Å². The van der Waals surface area contributed by atoms with Crippen LogP contribution in [0.15, 0.2) is 30.3 Å². The number of ether oxygens (including phenoxy) is 2. The van der Waals surface area contributed by atoms with Crippen LogP contribution in [-0.2, 0) is 19.1 Å². The lowest BCUT2D eigenvalue weighted by atomic mass is 10.1. The van der Waals surface area contributed by atoms with E-state index in [2.05, 4.69) is 6.92 Å². The molecule has 0 saturated heterocycles. The fraction of sp³-hybridized carbons (Fsp3) is 0.652. The first-order valence-corrected chi connectivity index (χ1v) is 10.8. The molecule has 1 aromatic carbocycles. The molecule has 0 fully saturated rings. The lowest BCUT2D eigenvalue weighted by Gasteiger charge is -2.21. The monoisotopic (exact) mass is 430 g/mol. The molecule has 1 rings (SSSR count). The van der Waals surface area contributed by atoms with Gasteiger partial charge in [0.05, 0.1) is 6.61 Å². The SMILES string of the molecule is CCCCCOC(=O)CCCCCCCCC(=O)OC(c1ccccc1)C(F)(F)F. The summed E-state index contributed by atoms with van der Waals surface area (Å²) in [6.07, 6.45) is 1.19. The van der Waals surface area contributed by atoms with E-state index in [-0.39, 0.29) is 18.0 Å². The van der Waals surface area contributed by atoms with Crippen LogP contribution in [0.2, 0.25) is 0 Å². The summed E-state index contributed by atoms with van der Waals surface area (Å²) >= 11 is 0. The molecule has 0 aliphatic carbocycles. The predicted molar refractivity (Wildman–Crippen MR) is 109 cm³/mol. The maximum absolute atomic E-state index is 13.2. The number of carbonyl (C=O) groups excluding carboxylic acids is 2. The average molecular weight is 431 g/mol. The average Bonchev–Trinajstić information content (AvgIpc) is 2.71. The van der Waals surface area contributed by atoms with Crippen LogP contribution in [0.25, 0.3) is 0 Å². The molecule has 1 aromatic rings. The van der Waals surface area contributed by atoms with E-state index in [1.54, 1.807) is 6.07 Å². The van der Waals surface area contributed by atoms with Gasteiger partial charge < -0.3 is 9.47 Å². The fourth-order valence-corrected chi connectivity index (χ4v) is 3.00. The Morgan fingerprint density at radius 2 is 1.40 bits per heavy atom. The van der Waals surface area contributed by atoms with Crippen LogP contribution >= 0.6 is 0 Å². The minimum atomic E-state index is -4.64. The van der Waals surface area contributed by atoms with Gasteiger partial charge in [0.15, 0.2) is 0 Å². The summed E-state index contributed by atoms with van der Waals surface area (Å²) in [5.41, 5.74) is -0.0813. The molecule has 0 aliphatic rings. The van der Waals surface area contributed by atoms with Crippen molar-refractivity contribution in [1.82, 2.24) is 0 Å². The molecule has 0 saturated carbocycles. The number of carbonyl (C=O) groups is 2. The number of esters is 2. The van der Waals surface area contributed by atoms with Crippen LogP contribution in [-0.4, -0.2) is 24.7 Å². The first kappa shape index (κ1) is 26.0. The lowest BCUT2D eigenvalue weighted by Crippen LogP contribution is -2.26. The van der Waals surface area contributed by atoms with E-state index >= 15 is 0 Å². The highest BCUT2D eigenvalue weighted by Gasteiger charge is 2.43. The third kappa shape index (κ3) is 11.8. The number of hydrogen-bond donors (Lipinski definition) is 0. The van der Waals surface area contributed by atoms with Crippen LogP contribution in [0.5, 0.6) is 0 Å². The molecule has 0 amide bonds. The topological polar surface area (TPSA) is 52.6 Å². The molecule has 0 N–H and O–H groups in total. The smallest absolute Gasteiger partial charge is 0.429 e. The molecule has 0 spiro atoms. The number of halogens is 3. The van der Waals surface area contributed by atoms with Gasteiger partial charge in [0.2, 0.25) is 6.10 Å². The second kappa shape index (κ2) is 14.9. The Balaban J connectivity index is 2.12. The molecule has 0 bridgehead atoms. The van der Waals surface area contributed by atoms with Gasteiger partial charge in [0, 0.05) is 18.4 Å². The molecule has 170 valence electrons. The molecule has 1 unspecified atom stereocenters. The molecule has 7 heteroatoms. The minimum absolute atomic E-state index is 0.0382. The van der Waals surface area contributed by atoms with Crippen molar-refractivity contribution in [3.63, 3.8) is 0 Å². The van der Waals surface area contributed by atoms with Crippen molar-refractivity contribution in [2.24, 2.45) is 0 Å². The minimum Gasteiger partial charge on any atom is -0.466 e. The Kier molecular flexibility index (Phi) is 12.9. The van der Waals surface area contributed by atoms with Gasteiger partial charge in [-0.3, -0.25) is 9.59 Å². The first-order valence-electron chi connectivity index (χ1n) is 10.8. The molecule has 30 heavy (non-hydrogen) atoms. The normalized spacial score (nSPS) is 12.4. The summed E-state index contributed by atoms with van der Waals surface area (Å²) < 4.78 is 49.4. The van der Waals surface area contributed by atoms with Crippen LogP contribution in [0, 0.1) is 0 Å². The zero-order chi connectivity index (χ0) is 22.2. The second-order valence-corrected chi connectivity index (χ2v) is 7.37. The Bertz CT molecular complexity index is 602. The number of benzene rings is 1. The van der Waals surface area contributed by atoms with Crippen molar-refractivity contribution < 1.29 is 32.2 Å². The summed E-state index contributed by atoms with van der Waals surface area (Å²) in [5.74, 6) is -1.00. The summed E-state index contributed by atoms with van der Waals surface area (Å²) in [6, 6.07) is 7.16. The van der Waals surface area contributed by atoms with Crippen molar-refractivity contribution in [3.05, 3.63) is 35.9 Å². The highest BCUT2D eigenvalue weighted by Crippen LogP contribution is 2.36. The second-order valence-electron chi connectivity index (χ2n) is 7.37. The Labute approximate surface area is 177 Å². The van der Waals surface area contributed by atoms with Gasteiger partial charge in [-0.2, -0.15) is 13.2 Å². The summed E-state index contributed by atoms with van der Waals surface area (Å²) in [5, 5.41) is 0. The van der Waals surface area contributed by atoms with Crippen molar-refractivity contribution >= 4 is 11.9 Å². The van der Waals surface area contributed by atoms with E-state index in [4.69, 9.17) is 9.47 Å². The van der Waals surface area contributed by atoms with Crippen LogP contribution in [0.3, 0.4) is 0 Å². The molecule has 4 nitrogen and oxygen atoms in total. The fourth-order valence-electron chi connectivity index (χ4n) is 3.00. The predicted octanol–water partition coefficient (Wildman–Crippen LogP) is 6.69. The maximum Gasteiger partial charge on any atom is 0.429 e. The Morgan fingerprint density at radius 3 is 1.97 bits per heavy atom. The van der Waals surface area contributed by atoms with Gasteiger partial charge in [0.25, 0.3) is 0 Å². The Morgan fingerprint density at radius 1 is 0.833 bits per heavy atom. The number of alkyl halides is 3. The van der Waals surface area contributed by atoms with E-state index in [1.165, 1.54) is 24.3 Å². The quantitative estimate of drug-likeness (QED) is 0.230. The van der Waals surface area contributed by atoms with E-state index in [0.29, 0.717) is 19.4 Å². The van der Waals surface area contributed by atoms with E-state index in [1.807, 2.05) is 0 Å². The maximum atomic E-state index is 13.2. The molecular weight excluding hydrogens is 397 g/mol. The van der Waals surface area contributed by atoms with Crippen LogP contribution in [0.1, 0.15) is 89.2 Å². The standard InChI is InChI=1S/C23H33F3O4/c1-2-3-13-18-29-20(27)16-11-6-4-5-7-12-17-21(28)30-22(23(24,25)26)19-14-9-8-10-15-19/h8-10,14-15,22H,2-7,11-13,16-18H2,1H3. The van der Waals surface area contributed by atoms with E-state index in [9.17, 15) is 22.8 Å². The molecule has 0 aromatic heterocycles. The molecule has 0 radical (unpaired) electrons. The first-order chi connectivity index (χ1) is 14.3. The molecule has 0 heterocycles. The summed E-state index contributed by atoms with van der Waals surface area (Å²) in [7, 11) is 0. The number of unbranched alkanes of at least 4 members (excludes halogenated alkanes) is 7. The largest absolute Gasteiger partial charge is 0.466 e. The van der Waals surface area contributed by atoms with Gasteiger partial charge in [0.1, 0.15) is 0 Å². The molecule has 0 aliphatic heterocycles. The van der Waals surface area contributed by atoms with Gasteiger partial charge in [-0.25, -0.2) is 0 Å². The zero-order valence-corrected chi connectivity index (χ0v) is 17.7. The number of rotatable bonds is 15. The third-order valence-corrected chi connectivity index (χ3v) is 4.67. The molecular formula is C23H33F3O4. The molecule has 1 atom stereocenters. The number of hydrogen-bond acceptors (Lipinski definition) is 4. The van der Waals surface area contributed by atoms with Crippen LogP contribution in [0.4, 0.5) is 13.2 Å². The highest BCUT2D eigenvalue weighted by atomic mass is 19.4. The summed E-state index contributed by atoms with van der Waals surface area (Å²) in [4.78, 5) is 23.4. The van der Waals surface area contributed by atoms with Gasteiger partial charge in [-0.05, 0) is 19.3 Å². The van der Waals surface area contributed by atoms with Gasteiger partial charge in [-0.15, -0.1) is 0 Å². The van der Waals surface area contributed by atoms with Crippen molar-refractivity contribution in [2.75, 3.05) is 6.61 Å². The third-order valence-electron chi connectivity index (χ3n) is 4.67. The highest BCUT2D eigenvalue weighted by molar-refractivity contribution is 5.70. The summed E-state index contributed by atoms with van der Waals surface area (Å²) in [6.45, 7) is 2.58. The van der Waals surface area contributed by atoms with E-state index in [0.717, 1.165) is 51.4 Å². The van der Waals surface area contributed by atoms with Crippen molar-refractivity contribution in [1.29, 1.82) is 0 Å². The van der Waals surface area contributed by atoms with E-state index < -0.39 is 18.2 Å². The zero-order valence-electron chi connectivity index (χ0n) is 17.7. The van der Waals surface area contributed by atoms with Crippen molar-refractivity contribution in [3.8, 4) is 0 Å². The van der Waals surface area contributed by atoms with Gasteiger partial charge >= 0.3 is 18.1 Å². The Hall–Kier alpha value is -2.05. The van der Waals surface area contributed by atoms with Crippen molar-refractivity contribution in [2.45, 2.75) is 89.8 Å². The van der Waals surface area contributed by atoms with Crippen LogP contribution < -0.4 is 0 Å².